The van der Waals surface area contributed by atoms with E-state index in [-0.39, 0.29) is 12.6 Å². The lowest BCUT2D eigenvalue weighted by Gasteiger charge is -2.17. The van der Waals surface area contributed by atoms with Gasteiger partial charge in [-0.3, -0.25) is 4.57 Å². The Morgan fingerprint density at radius 2 is 2.40 bits per heavy atom. The Labute approximate surface area is 146 Å². The second-order valence-corrected chi connectivity index (χ2v) is 6.13. The predicted molar refractivity (Wildman–Crippen MR) is 86.0 cm³/mol. The van der Waals surface area contributed by atoms with Gasteiger partial charge in [0.15, 0.2) is 23.2 Å². The average molecular weight is 354 g/mol. The second-order valence-electron chi connectivity index (χ2n) is 6.13. The average Bonchev–Trinajstić information content (AvgIpc) is 3.36. The fourth-order valence-electron chi connectivity index (χ4n) is 3.18. The van der Waals surface area contributed by atoms with Crippen LogP contribution in [0.3, 0.4) is 0 Å². The molecule has 2 aliphatic rings. The molecule has 0 radical (unpaired) electrons. The number of anilines is 1. The molecule has 3 N–H and O–H groups in total. The summed E-state index contributed by atoms with van der Waals surface area (Å²) >= 11 is 0. The zero-order valence-corrected chi connectivity index (χ0v) is 13.4. The molecule has 2 aromatic rings. The fourth-order valence-corrected chi connectivity index (χ4v) is 3.18. The van der Waals surface area contributed by atoms with Crippen molar-refractivity contribution in [3.8, 4) is 0 Å². The number of imidazole rings is 1. The molecule has 0 saturated carbocycles. The Hall–Kier alpha value is -1.85. The monoisotopic (exact) mass is 354 g/mol. The van der Waals surface area contributed by atoms with Crippen LogP contribution < -0.4 is 5.32 Å². The fraction of sp³-hybridized carbons (Fsp3) is 0.667. The molecule has 10 nitrogen and oxygen atoms in total. The van der Waals surface area contributed by atoms with E-state index in [1.54, 1.807) is 0 Å². The van der Waals surface area contributed by atoms with Crippen LogP contribution in [0.4, 0.5) is 5.82 Å². The molecule has 6 atom stereocenters. The normalized spacial score (nSPS) is 34.9. The summed E-state index contributed by atoms with van der Waals surface area (Å²) in [5, 5.41) is 23.8. The minimum atomic E-state index is -1.49. The molecule has 4 rings (SSSR count). The van der Waals surface area contributed by atoms with Gasteiger partial charge >= 0.3 is 0 Å². The van der Waals surface area contributed by atoms with Gasteiger partial charge in [-0.05, 0) is 6.42 Å². The van der Waals surface area contributed by atoms with Crippen LogP contribution in [0, 0.1) is 0 Å². The van der Waals surface area contributed by atoms with Crippen molar-refractivity contribution in [3.05, 3.63) is 12.7 Å². The van der Waals surface area contributed by atoms with E-state index >= 15 is 0 Å². The Kier molecular flexibility index (Phi) is 3.90. The molecule has 25 heavy (non-hydrogen) atoms. The number of aliphatic hydroxyl groups is 2. The Morgan fingerprint density at radius 3 is 3.20 bits per heavy atom. The summed E-state index contributed by atoms with van der Waals surface area (Å²) in [5.41, 5.74) is 0.967. The number of ether oxygens (including phenoxy) is 3. The molecule has 0 bridgehead atoms. The number of aromatic nitrogens is 4. The van der Waals surface area contributed by atoms with Gasteiger partial charge in [-0.15, -0.1) is 0 Å². The van der Waals surface area contributed by atoms with Gasteiger partial charge in [0, 0.05) is 13.7 Å². The maximum Gasteiger partial charge on any atom is 0.167 e. The summed E-state index contributed by atoms with van der Waals surface area (Å²) in [6.45, 7) is 1.11. The molecule has 0 spiro atoms. The third-order valence-corrected chi connectivity index (χ3v) is 4.50. The lowest BCUT2D eigenvalue weighted by molar-refractivity contribution is -0.0580. The first kappa shape index (κ1) is 14.3. The van der Waals surface area contributed by atoms with E-state index in [2.05, 4.69) is 20.3 Å². The molecule has 0 amide bonds. The van der Waals surface area contributed by atoms with E-state index in [1.165, 1.54) is 17.2 Å². The Balaban J connectivity index is 1.56. The number of hydrogen-bond donors (Lipinski definition) is 3. The summed E-state index contributed by atoms with van der Waals surface area (Å²) in [5.74, 6) is 0.563. The van der Waals surface area contributed by atoms with Crippen molar-refractivity contribution in [1.29, 1.82) is 0 Å². The van der Waals surface area contributed by atoms with Crippen LogP contribution in [-0.4, -0.2) is 81.0 Å². The highest BCUT2D eigenvalue weighted by atomic mass is 16.6. The van der Waals surface area contributed by atoms with Gasteiger partial charge in [0.05, 0.1) is 28.3 Å². The smallest absolute Gasteiger partial charge is 0.167 e. The standard InChI is InChI=1S/C15H21N5O5/c1-23-5-9-11(21)12(22)15(25-9)20-7-18-10-13(16-6-17-14(10)20)19-8-2-3-24-4-8/h6-9,11-12,15,21-22H,2-5H2,1H3,(H,16,17,19)/t8-,9-,11-,12-,15-/m1/s1/i1TD/t1?,8-,9-,11-,12-,15-. The van der Waals surface area contributed by atoms with E-state index in [4.69, 9.17) is 17.0 Å². The number of methoxy groups -OCH3 is 1. The first-order valence-corrected chi connectivity index (χ1v) is 8.04. The van der Waals surface area contributed by atoms with Gasteiger partial charge < -0.3 is 29.7 Å². The molecule has 2 aliphatic heterocycles. The molecule has 2 aromatic heterocycles. The quantitative estimate of drug-likeness (QED) is 0.639. The van der Waals surface area contributed by atoms with Crippen molar-refractivity contribution >= 4 is 17.0 Å². The van der Waals surface area contributed by atoms with Crippen LogP contribution >= 0.6 is 0 Å². The van der Waals surface area contributed by atoms with E-state index in [0.717, 1.165) is 6.42 Å². The first-order valence-electron chi connectivity index (χ1n) is 9.19. The third-order valence-electron chi connectivity index (χ3n) is 4.50. The number of fused-ring (bicyclic) bond motifs is 1. The van der Waals surface area contributed by atoms with Gasteiger partial charge in [0.2, 0.25) is 0 Å². The topological polar surface area (TPSA) is 124 Å². The van der Waals surface area contributed by atoms with Crippen molar-refractivity contribution in [2.24, 2.45) is 0 Å². The Bertz CT molecular complexity index is 787. The molecule has 4 heterocycles. The number of hydrogen-bond acceptors (Lipinski definition) is 9. The summed E-state index contributed by atoms with van der Waals surface area (Å²) in [6, 6.07) is 0.146. The molecule has 1 unspecified atom stereocenters. The summed E-state index contributed by atoms with van der Waals surface area (Å²) in [7, 11) is -1.49. The zero-order chi connectivity index (χ0) is 19.0. The molecule has 0 aliphatic carbocycles. The highest BCUT2D eigenvalue weighted by Crippen LogP contribution is 2.32. The van der Waals surface area contributed by atoms with Crippen LogP contribution in [0.25, 0.3) is 11.2 Å². The van der Waals surface area contributed by atoms with E-state index in [9.17, 15) is 10.2 Å². The van der Waals surface area contributed by atoms with E-state index < -0.39 is 31.6 Å². The summed E-state index contributed by atoms with van der Waals surface area (Å²) in [4.78, 5) is 12.8. The van der Waals surface area contributed by atoms with Crippen molar-refractivity contribution in [2.75, 3.05) is 32.2 Å². The molecular weight excluding hydrogens is 330 g/mol. The Morgan fingerprint density at radius 1 is 1.48 bits per heavy atom. The lowest BCUT2D eigenvalue weighted by Crippen LogP contribution is -2.33. The summed E-state index contributed by atoms with van der Waals surface area (Å²) in [6.07, 6.45) is -0.514. The molecule has 2 saturated heterocycles. The third kappa shape index (κ3) is 2.96. The minimum absolute atomic E-state index is 0.146. The first-order chi connectivity index (χ1) is 13.0. The van der Waals surface area contributed by atoms with Gasteiger partial charge in [-0.25, -0.2) is 15.0 Å². The van der Waals surface area contributed by atoms with Gasteiger partial charge in [-0.2, -0.15) is 0 Å². The highest BCUT2D eigenvalue weighted by molar-refractivity contribution is 5.82. The second kappa shape index (κ2) is 6.81. The maximum atomic E-state index is 10.4. The predicted octanol–water partition coefficient (Wildman–Crippen LogP) is -0.707. The van der Waals surface area contributed by atoms with Gasteiger partial charge in [0.1, 0.15) is 24.6 Å². The molecule has 2 fully saturated rings. The highest BCUT2D eigenvalue weighted by Gasteiger charge is 2.44. The largest absolute Gasteiger partial charge is 0.387 e. The van der Waals surface area contributed by atoms with Crippen LogP contribution in [0.15, 0.2) is 12.7 Å². The summed E-state index contributed by atoms with van der Waals surface area (Å²) < 4.78 is 31.6. The van der Waals surface area contributed by atoms with E-state index in [0.29, 0.717) is 30.2 Å². The minimum Gasteiger partial charge on any atom is -0.387 e. The van der Waals surface area contributed by atoms with Crippen molar-refractivity contribution in [2.45, 2.75) is 37.0 Å². The number of aliphatic hydroxyl groups excluding tert-OH is 2. The molecule has 136 valence electrons. The van der Waals surface area contributed by atoms with Crippen LogP contribution in [0.1, 0.15) is 15.4 Å². The van der Waals surface area contributed by atoms with Crippen molar-refractivity contribution in [3.63, 3.8) is 0 Å². The van der Waals surface area contributed by atoms with Gasteiger partial charge in [0.25, 0.3) is 0 Å². The van der Waals surface area contributed by atoms with Crippen LogP contribution in [0.2, 0.25) is 0 Å². The molecular formula is C15H21N5O5. The number of nitrogens with one attached hydrogen (secondary N) is 1. The number of nitrogens with zero attached hydrogens (tertiary/aromatic N) is 4. The van der Waals surface area contributed by atoms with Crippen molar-refractivity contribution in [1.82, 2.24) is 19.5 Å². The van der Waals surface area contributed by atoms with Crippen molar-refractivity contribution < 1.29 is 27.2 Å². The molecule has 0 aromatic carbocycles. The van der Waals surface area contributed by atoms with E-state index in [1.807, 2.05) is 0 Å². The van der Waals surface area contributed by atoms with Crippen LogP contribution in [0.5, 0.6) is 0 Å². The SMILES string of the molecule is [2H]C([3H])OC[C@H]1O[C@@H](n2cnc3c(N[C@@H]4CCOC4)ncnc32)[C@H](O)[C@@H]1O. The number of rotatable bonds is 5. The zero-order valence-electron chi connectivity index (χ0n) is 15.4. The maximum absolute atomic E-state index is 10.4. The lowest BCUT2D eigenvalue weighted by atomic mass is 10.1. The van der Waals surface area contributed by atoms with Crippen LogP contribution in [-0.2, 0) is 14.2 Å². The van der Waals surface area contributed by atoms with Gasteiger partial charge in [-0.1, -0.05) is 0 Å². The molecule has 10 heteroatoms.